The molecule has 0 atom stereocenters. The maximum absolute atomic E-state index is 11.9. The molecule has 2 amide bonds. The van der Waals surface area contributed by atoms with Crippen LogP contribution in [0.5, 0.6) is 0 Å². The van der Waals surface area contributed by atoms with Crippen LogP contribution in [0.1, 0.15) is 20.7 Å². The largest absolute Gasteiger partial charge is 0.296 e. The average Bonchev–Trinajstić information content (AvgIpc) is 2.53. The third-order valence-corrected chi connectivity index (χ3v) is 3.54. The van der Waals surface area contributed by atoms with Crippen molar-refractivity contribution in [2.24, 2.45) is 0 Å². The molecule has 1 aromatic carbocycles. The highest BCUT2D eigenvalue weighted by Gasteiger charge is 2.36. The number of ketones is 1. The third kappa shape index (κ3) is 2.82. The van der Waals surface area contributed by atoms with Gasteiger partial charge in [-0.05, 0) is 12.1 Å². The van der Waals surface area contributed by atoms with Crippen molar-refractivity contribution >= 4 is 37.3 Å². The quantitative estimate of drug-likeness (QED) is 0.594. The zero-order valence-electron chi connectivity index (χ0n) is 9.50. The van der Waals surface area contributed by atoms with Crippen LogP contribution >= 0.6 is 10.7 Å². The Kier molecular flexibility index (Phi) is 3.42. The zero-order chi connectivity index (χ0) is 14.2. The number of Topliss-reactive ketones (excluding diaryl/α,β-unsaturated/α-hetero) is 1. The Morgan fingerprint density at radius 3 is 2.00 bits per heavy atom. The highest BCUT2D eigenvalue weighted by molar-refractivity contribution is 8.14. The van der Waals surface area contributed by atoms with Crippen molar-refractivity contribution in [3.8, 4) is 0 Å². The van der Waals surface area contributed by atoms with Gasteiger partial charge in [-0.2, -0.15) is 0 Å². The molecule has 1 aromatic rings. The first-order valence-electron chi connectivity index (χ1n) is 5.19. The number of carbonyl (C=O) groups is 3. The molecule has 1 heterocycles. The number of hydrogen-bond acceptors (Lipinski definition) is 5. The molecule has 0 fully saturated rings. The van der Waals surface area contributed by atoms with Gasteiger partial charge in [-0.1, -0.05) is 12.1 Å². The number of halogens is 1. The van der Waals surface area contributed by atoms with Crippen LogP contribution in [0.2, 0.25) is 0 Å². The lowest BCUT2D eigenvalue weighted by molar-refractivity contribution is -0.117. The summed E-state index contributed by atoms with van der Waals surface area (Å²) in [6.07, 6.45) is 0. The van der Waals surface area contributed by atoms with Gasteiger partial charge >= 0.3 is 0 Å². The molecule has 0 aromatic heterocycles. The van der Waals surface area contributed by atoms with Crippen molar-refractivity contribution in [2.45, 2.75) is 0 Å². The lowest BCUT2D eigenvalue weighted by Crippen LogP contribution is -2.36. The molecule has 0 saturated heterocycles. The first-order chi connectivity index (χ1) is 8.79. The Morgan fingerprint density at radius 2 is 1.58 bits per heavy atom. The van der Waals surface area contributed by atoms with Crippen molar-refractivity contribution in [3.05, 3.63) is 35.4 Å². The number of benzene rings is 1. The molecule has 1 aliphatic rings. The van der Waals surface area contributed by atoms with E-state index in [2.05, 4.69) is 0 Å². The van der Waals surface area contributed by atoms with Crippen LogP contribution in [0, 0.1) is 0 Å². The molecule has 8 heteroatoms. The summed E-state index contributed by atoms with van der Waals surface area (Å²) in [7, 11) is 0.944. The van der Waals surface area contributed by atoms with E-state index in [1.165, 1.54) is 12.1 Å². The molecule has 0 bridgehead atoms. The minimum absolute atomic E-state index is 0.203. The van der Waals surface area contributed by atoms with Gasteiger partial charge in [0.15, 0.2) is 5.78 Å². The van der Waals surface area contributed by atoms with E-state index in [1.54, 1.807) is 12.1 Å². The molecule has 0 saturated carbocycles. The fourth-order valence-electron chi connectivity index (χ4n) is 1.80. The molecular formula is C11H8ClNO5S. The number of imide groups is 1. The van der Waals surface area contributed by atoms with Gasteiger partial charge in [-0.3, -0.25) is 19.3 Å². The summed E-state index contributed by atoms with van der Waals surface area (Å²) in [5.74, 6) is -2.95. The normalized spacial score (nSPS) is 14.7. The van der Waals surface area contributed by atoms with Crippen molar-refractivity contribution < 1.29 is 22.8 Å². The van der Waals surface area contributed by atoms with Gasteiger partial charge in [-0.15, -0.1) is 0 Å². The van der Waals surface area contributed by atoms with Gasteiger partial charge < -0.3 is 0 Å². The van der Waals surface area contributed by atoms with Crippen molar-refractivity contribution in [1.82, 2.24) is 4.90 Å². The van der Waals surface area contributed by atoms with Crippen LogP contribution in [0.4, 0.5) is 0 Å². The van der Waals surface area contributed by atoms with Gasteiger partial charge in [0.05, 0.1) is 17.7 Å². The topological polar surface area (TPSA) is 88.6 Å². The zero-order valence-corrected chi connectivity index (χ0v) is 11.1. The number of nitrogens with zero attached hydrogens (tertiary/aromatic N) is 1. The van der Waals surface area contributed by atoms with Crippen LogP contribution in [0.25, 0.3) is 0 Å². The number of carbonyl (C=O) groups excluding carboxylic acids is 3. The summed E-state index contributed by atoms with van der Waals surface area (Å²) < 4.78 is 21.5. The summed E-state index contributed by atoms with van der Waals surface area (Å²) in [5.41, 5.74) is 0.406. The lowest BCUT2D eigenvalue weighted by atomic mass is 10.1. The number of amides is 2. The maximum atomic E-state index is 11.9. The standard InChI is InChI=1S/C11H8ClNO5S/c12-19(17,18)6-7(14)5-13-10(15)8-3-1-2-4-9(8)11(13)16/h1-4H,5-6H2. The molecule has 0 unspecified atom stereocenters. The second kappa shape index (κ2) is 4.75. The van der Waals surface area contributed by atoms with E-state index in [-0.39, 0.29) is 11.1 Å². The molecule has 1 aliphatic heterocycles. The van der Waals surface area contributed by atoms with Crippen molar-refractivity contribution in [3.63, 3.8) is 0 Å². The first kappa shape index (κ1) is 13.7. The number of rotatable bonds is 4. The summed E-state index contributed by atoms with van der Waals surface area (Å²) in [6, 6.07) is 6.13. The van der Waals surface area contributed by atoms with Gasteiger partial charge in [0.2, 0.25) is 9.05 Å². The smallest absolute Gasteiger partial charge is 0.261 e. The molecular weight excluding hydrogens is 294 g/mol. The van der Waals surface area contributed by atoms with E-state index < -0.39 is 38.9 Å². The fraction of sp³-hybridized carbons (Fsp3) is 0.182. The van der Waals surface area contributed by atoms with E-state index in [9.17, 15) is 22.8 Å². The predicted molar refractivity (Wildman–Crippen MR) is 66.5 cm³/mol. The van der Waals surface area contributed by atoms with Gasteiger partial charge in [0, 0.05) is 10.7 Å². The molecule has 0 N–H and O–H groups in total. The highest BCUT2D eigenvalue weighted by atomic mass is 35.7. The minimum Gasteiger partial charge on any atom is -0.296 e. The summed E-state index contributed by atoms with van der Waals surface area (Å²) in [4.78, 5) is 35.9. The van der Waals surface area contributed by atoms with Crippen molar-refractivity contribution in [2.75, 3.05) is 12.3 Å². The summed E-state index contributed by atoms with van der Waals surface area (Å²) in [5, 5.41) is 0. The molecule has 2 rings (SSSR count). The van der Waals surface area contributed by atoms with E-state index in [0.29, 0.717) is 0 Å². The number of fused-ring (bicyclic) bond motifs is 1. The molecule has 6 nitrogen and oxygen atoms in total. The maximum Gasteiger partial charge on any atom is 0.261 e. The predicted octanol–water partition coefficient (Wildman–Crippen LogP) is 0.420. The van der Waals surface area contributed by atoms with Crippen LogP contribution in [0.3, 0.4) is 0 Å². The van der Waals surface area contributed by atoms with E-state index in [0.717, 1.165) is 4.90 Å². The van der Waals surface area contributed by atoms with Crippen molar-refractivity contribution in [1.29, 1.82) is 0 Å². The van der Waals surface area contributed by atoms with Gasteiger partial charge in [-0.25, -0.2) is 8.42 Å². The second-order valence-electron chi connectivity index (χ2n) is 3.96. The Morgan fingerprint density at radius 1 is 1.11 bits per heavy atom. The Bertz CT molecular complexity index is 647. The Hall–Kier alpha value is -1.73. The molecule has 0 radical (unpaired) electrons. The van der Waals surface area contributed by atoms with Gasteiger partial charge in [0.1, 0.15) is 5.75 Å². The molecule has 0 spiro atoms. The van der Waals surface area contributed by atoms with Crippen LogP contribution in [-0.2, 0) is 13.8 Å². The minimum atomic E-state index is -3.99. The van der Waals surface area contributed by atoms with E-state index >= 15 is 0 Å². The Balaban J connectivity index is 2.19. The highest BCUT2D eigenvalue weighted by Crippen LogP contribution is 2.22. The molecule has 19 heavy (non-hydrogen) atoms. The molecule has 100 valence electrons. The third-order valence-electron chi connectivity index (χ3n) is 2.55. The summed E-state index contributed by atoms with van der Waals surface area (Å²) >= 11 is 0. The van der Waals surface area contributed by atoms with E-state index in [4.69, 9.17) is 10.7 Å². The van der Waals surface area contributed by atoms with Crippen LogP contribution in [-0.4, -0.2) is 43.2 Å². The molecule has 0 aliphatic carbocycles. The SMILES string of the molecule is O=C(CN1C(=O)c2ccccc2C1=O)CS(=O)(=O)Cl. The first-order valence-corrected chi connectivity index (χ1v) is 7.67. The lowest BCUT2D eigenvalue weighted by Gasteiger charge is -2.11. The van der Waals surface area contributed by atoms with Crippen LogP contribution < -0.4 is 0 Å². The van der Waals surface area contributed by atoms with Gasteiger partial charge in [0.25, 0.3) is 11.8 Å². The fourth-order valence-corrected chi connectivity index (χ4v) is 2.64. The van der Waals surface area contributed by atoms with E-state index in [1.807, 2.05) is 0 Å². The Labute approximate surface area is 113 Å². The van der Waals surface area contributed by atoms with Crippen LogP contribution in [0.15, 0.2) is 24.3 Å². The average molecular weight is 302 g/mol. The number of hydrogen-bond donors (Lipinski definition) is 0. The second-order valence-corrected chi connectivity index (χ2v) is 6.74. The summed E-state index contributed by atoms with van der Waals surface area (Å²) in [6.45, 7) is -0.599. The monoisotopic (exact) mass is 301 g/mol.